The van der Waals surface area contributed by atoms with Crippen LogP contribution in [0.4, 0.5) is 0 Å². The molecule has 0 aromatic carbocycles. The van der Waals surface area contributed by atoms with Crippen molar-refractivity contribution < 1.29 is 9.47 Å². The van der Waals surface area contributed by atoms with Gasteiger partial charge in [0.2, 0.25) is 0 Å². The highest BCUT2D eigenvalue weighted by Crippen LogP contribution is 2.13. The molecule has 0 aromatic heterocycles. The van der Waals surface area contributed by atoms with E-state index in [2.05, 4.69) is 27.6 Å². The Morgan fingerprint density at radius 1 is 1.29 bits per heavy atom. The van der Waals surface area contributed by atoms with Gasteiger partial charge in [-0.1, -0.05) is 0 Å². The molecule has 0 bridgehead atoms. The highest BCUT2D eigenvalue weighted by atomic mass is 127. The molecule has 0 spiro atoms. The molecular formula is C14H31IN4O2. The van der Waals surface area contributed by atoms with Crippen LogP contribution in [-0.2, 0) is 9.47 Å². The summed E-state index contributed by atoms with van der Waals surface area (Å²) in [4.78, 5) is 6.64. The number of methoxy groups -OCH3 is 1. The minimum atomic E-state index is 0. The van der Waals surface area contributed by atoms with Crippen LogP contribution in [0.1, 0.15) is 19.3 Å². The summed E-state index contributed by atoms with van der Waals surface area (Å²) in [5.41, 5.74) is 0. The average molecular weight is 414 g/mol. The third-order valence-corrected chi connectivity index (χ3v) is 3.59. The minimum Gasteiger partial charge on any atom is -0.382 e. The molecule has 1 aliphatic heterocycles. The summed E-state index contributed by atoms with van der Waals surface area (Å²) in [5, 5.41) is 6.70. The molecule has 1 rings (SSSR count). The fraction of sp³-hybridized carbons (Fsp3) is 0.929. The van der Waals surface area contributed by atoms with Crippen LogP contribution < -0.4 is 10.6 Å². The Bertz CT molecular complexity index is 280. The molecule has 0 aromatic rings. The Labute approximate surface area is 146 Å². The first kappa shape index (κ1) is 20.9. The standard InChI is InChI=1S/C14H30N4O2.HI/c1-15-14(16-7-5-9-20-11-10-19-3)17-12-13-6-4-8-18(13)2;/h13H,4-12H2,1-3H3,(H2,15,16,17);1H. The zero-order valence-electron chi connectivity index (χ0n) is 13.6. The van der Waals surface area contributed by atoms with Crippen LogP contribution in [0.3, 0.4) is 0 Å². The first-order chi connectivity index (χ1) is 9.77. The number of nitrogens with zero attached hydrogens (tertiary/aromatic N) is 2. The molecule has 1 unspecified atom stereocenters. The van der Waals surface area contributed by atoms with Crippen LogP contribution in [0, 0.1) is 0 Å². The molecule has 21 heavy (non-hydrogen) atoms. The summed E-state index contributed by atoms with van der Waals surface area (Å²) in [6.07, 6.45) is 3.54. The van der Waals surface area contributed by atoms with Gasteiger partial charge in [-0.3, -0.25) is 4.99 Å². The number of halogens is 1. The number of ether oxygens (including phenoxy) is 2. The summed E-state index contributed by atoms with van der Waals surface area (Å²) >= 11 is 0. The lowest BCUT2D eigenvalue weighted by Crippen LogP contribution is -2.44. The zero-order chi connectivity index (χ0) is 14.6. The van der Waals surface area contributed by atoms with E-state index in [0.717, 1.165) is 32.1 Å². The average Bonchev–Trinajstić information content (AvgIpc) is 2.86. The Hall–Kier alpha value is -0.120. The normalized spacial score (nSPS) is 19.4. The minimum absolute atomic E-state index is 0. The largest absolute Gasteiger partial charge is 0.382 e. The second-order valence-corrected chi connectivity index (χ2v) is 5.12. The van der Waals surface area contributed by atoms with Crippen LogP contribution >= 0.6 is 24.0 Å². The van der Waals surface area contributed by atoms with Crippen LogP contribution in [0.15, 0.2) is 4.99 Å². The third kappa shape index (κ3) is 9.49. The molecule has 1 saturated heterocycles. The maximum absolute atomic E-state index is 5.41. The van der Waals surface area contributed by atoms with Gasteiger partial charge in [-0.2, -0.15) is 0 Å². The number of nitrogens with one attached hydrogen (secondary N) is 2. The molecular weight excluding hydrogens is 383 g/mol. The van der Waals surface area contributed by atoms with Crippen LogP contribution in [0.2, 0.25) is 0 Å². The molecule has 6 nitrogen and oxygen atoms in total. The fourth-order valence-electron chi connectivity index (χ4n) is 2.30. The summed E-state index contributed by atoms with van der Waals surface area (Å²) < 4.78 is 10.3. The van der Waals surface area contributed by atoms with Gasteiger partial charge in [-0.25, -0.2) is 0 Å². The van der Waals surface area contributed by atoms with Crippen molar-refractivity contribution >= 4 is 29.9 Å². The van der Waals surface area contributed by atoms with Crippen molar-refractivity contribution in [2.24, 2.45) is 4.99 Å². The lowest BCUT2D eigenvalue weighted by Gasteiger charge is -2.21. The second kappa shape index (κ2) is 13.5. The number of hydrogen-bond acceptors (Lipinski definition) is 4. The van der Waals surface area contributed by atoms with Gasteiger partial charge in [0.15, 0.2) is 5.96 Å². The van der Waals surface area contributed by atoms with Gasteiger partial charge in [0.25, 0.3) is 0 Å². The van der Waals surface area contributed by atoms with E-state index in [4.69, 9.17) is 9.47 Å². The van der Waals surface area contributed by atoms with Crippen molar-refractivity contribution in [2.75, 3.05) is 60.7 Å². The van der Waals surface area contributed by atoms with Crippen LogP contribution in [0.5, 0.6) is 0 Å². The number of guanidine groups is 1. The van der Waals surface area contributed by atoms with Gasteiger partial charge in [-0.15, -0.1) is 24.0 Å². The quantitative estimate of drug-likeness (QED) is 0.254. The maximum atomic E-state index is 5.41. The Morgan fingerprint density at radius 2 is 2.10 bits per heavy atom. The van der Waals surface area contributed by atoms with Gasteiger partial charge in [0, 0.05) is 39.9 Å². The summed E-state index contributed by atoms with van der Waals surface area (Å²) in [7, 11) is 5.68. The van der Waals surface area contributed by atoms with Gasteiger partial charge in [0.1, 0.15) is 0 Å². The molecule has 1 heterocycles. The molecule has 0 radical (unpaired) electrons. The van der Waals surface area contributed by atoms with E-state index in [1.165, 1.54) is 19.4 Å². The molecule has 0 amide bonds. The number of aliphatic imine (C=N–C) groups is 1. The number of hydrogen-bond donors (Lipinski definition) is 2. The third-order valence-electron chi connectivity index (χ3n) is 3.59. The molecule has 0 aliphatic carbocycles. The molecule has 1 fully saturated rings. The first-order valence-electron chi connectivity index (χ1n) is 7.49. The fourth-order valence-corrected chi connectivity index (χ4v) is 2.30. The molecule has 7 heteroatoms. The molecule has 1 atom stereocenters. The van der Waals surface area contributed by atoms with Crippen LogP contribution in [-0.4, -0.2) is 77.6 Å². The highest BCUT2D eigenvalue weighted by Gasteiger charge is 2.20. The summed E-state index contributed by atoms with van der Waals surface area (Å²) in [5.74, 6) is 0.877. The molecule has 0 saturated carbocycles. The second-order valence-electron chi connectivity index (χ2n) is 5.12. The van der Waals surface area contributed by atoms with E-state index in [0.29, 0.717) is 19.3 Å². The van der Waals surface area contributed by atoms with Gasteiger partial charge in [0.05, 0.1) is 13.2 Å². The molecule has 2 N–H and O–H groups in total. The lowest BCUT2D eigenvalue weighted by atomic mass is 10.2. The topological polar surface area (TPSA) is 58.1 Å². The van der Waals surface area contributed by atoms with Crippen molar-refractivity contribution in [3.63, 3.8) is 0 Å². The predicted molar refractivity (Wildman–Crippen MR) is 97.7 cm³/mol. The Morgan fingerprint density at radius 3 is 2.71 bits per heavy atom. The SMILES string of the molecule is CN=C(NCCCOCCOC)NCC1CCCN1C.I. The lowest BCUT2D eigenvalue weighted by molar-refractivity contribution is 0.0698. The maximum Gasteiger partial charge on any atom is 0.191 e. The van der Waals surface area contributed by atoms with Gasteiger partial charge in [-0.05, 0) is 32.9 Å². The van der Waals surface area contributed by atoms with E-state index in [-0.39, 0.29) is 24.0 Å². The van der Waals surface area contributed by atoms with Gasteiger partial charge >= 0.3 is 0 Å². The van der Waals surface area contributed by atoms with E-state index < -0.39 is 0 Å². The zero-order valence-corrected chi connectivity index (χ0v) is 15.9. The highest BCUT2D eigenvalue weighted by molar-refractivity contribution is 14.0. The monoisotopic (exact) mass is 414 g/mol. The van der Waals surface area contributed by atoms with Crippen LogP contribution in [0.25, 0.3) is 0 Å². The number of likely N-dealkylation sites (N-methyl/N-ethyl adjacent to an activating group) is 1. The number of likely N-dealkylation sites (tertiary alicyclic amines) is 1. The summed E-state index contributed by atoms with van der Waals surface area (Å²) in [6, 6.07) is 0.630. The first-order valence-corrected chi connectivity index (χ1v) is 7.49. The van der Waals surface area contributed by atoms with E-state index in [1.54, 1.807) is 7.11 Å². The van der Waals surface area contributed by atoms with E-state index in [1.807, 2.05) is 7.05 Å². The van der Waals surface area contributed by atoms with Crippen molar-refractivity contribution in [3.8, 4) is 0 Å². The van der Waals surface area contributed by atoms with Crippen molar-refractivity contribution in [3.05, 3.63) is 0 Å². The van der Waals surface area contributed by atoms with Gasteiger partial charge < -0.3 is 25.0 Å². The summed E-state index contributed by atoms with van der Waals surface area (Å²) in [6.45, 7) is 5.10. The van der Waals surface area contributed by atoms with Crippen molar-refractivity contribution in [1.29, 1.82) is 0 Å². The molecule has 1 aliphatic rings. The predicted octanol–water partition coefficient (Wildman–Crippen LogP) is 0.917. The van der Waals surface area contributed by atoms with Crippen molar-refractivity contribution in [1.82, 2.24) is 15.5 Å². The van der Waals surface area contributed by atoms with E-state index in [9.17, 15) is 0 Å². The molecule has 126 valence electrons. The number of rotatable bonds is 9. The Balaban J connectivity index is 0.00000400. The smallest absolute Gasteiger partial charge is 0.191 e. The van der Waals surface area contributed by atoms with E-state index >= 15 is 0 Å². The Kier molecular flexibility index (Phi) is 13.5. The van der Waals surface area contributed by atoms with Crippen molar-refractivity contribution in [2.45, 2.75) is 25.3 Å².